The molecule has 0 saturated heterocycles. The molecule has 0 fully saturated rings. The molecule has 0 aliphatic rings. The fraction of sp³-hybridized carbons (Fsp3) is 0.424. The number of nitrogens with one attached hydrogen (secondary N) is 2. The number of ether oxygens (including phenoxy) is 1. The van der Waals surface area contributed by atoms with Crippen molar-refractivity contribution < 1.29 is 24.2 Å². The number of alkyl carbamates (subject to hydrolysis) is 1. The molecule has 0 heterocycles. The van der Waals surface area contributed by atoms with Gasteiger partial charge in [0, 0.05) is 17.8 Å². The topological polar surface area (TPSA) is 108 Å². The van der Waals surface area contributed by atoms with E-state index in [0.717, 1.165) is 10.8 Å². The second-order valence-electron chi connectivity index (χ2n) is 11.8. The average Bonchev–Trinajstić information content (AvgIpc) is 2.88. The highest BCUT2D eigenvalue weighted by Gasteiger charge is 2.37. The number of aryl methyl sites for hydroxylation is 1. The molecule has 0 aliphatic carbocycles. The fourth-order valence-corrected chi connectivity index (χ4v) is 4.78. The smallest absolute Gasteiger partial charge is 0.408 e. The molecule has 8 heteroatoms. The van der Waals surface area contributed by atoms with Gasteiger partial charge in [-0.3, -0.25) is 9.59 Å². The Balaban J connectivity index is 2.04. The first-order chi connectivity index (χ1) is 19.3. The highest BCUT2D eigenvalue weighted by molar-refractivity contribution is 6.00. The highest BCUT2D eigenvalue weighted by Crippen LogP contribution is 2.34. The van der Waals surface area contributed by atoms with Crippen molar-refractivity contribution in [1.82, 2.24) is 10.2 Å². The summed E-state index contributed by atoms with van der Waals surface area (Å²) >= 11 is 0. The van der Waals surface area contributed by atoms with Crippen LogP contribution in [0.4, 0.5) is 10.5 Å². The number of nitrogens with zero attached hydrogens (tertiary/aromatic N) is 1. The Morgan fingerprint density at radius 3 is 2.29 bits per heavy atom. The molecular formula is C33H43N3O5. The Labute approximate surface area is 243 Å². The van der Waals surface area contributed by atoms with Crippen LogP contribution in [0.15, 0.2) is 60.7 Å². The van der Waals surface area contributed by atoms with Crippen molar-refractivity contribution in [2.45, 2.75) is 79.0 Å². The third-order valence-corrected chi connectivity index (χ3v) is 6.58. The van der Waals surface area contributed by atoms with Gasteiger partial charge >= 0.3 is 6.09 Å². The lowest BCUT2D eigenvalue weighted by molar-refractivity contribution is -0.141. The standard InChI is InChI=1S/C33H43N3O5/c1-8-18-36(31(39)27(19-21(2)3)35-32(40)41-33(5,6)7)28(26-15-11-12-22(4)29(26)37)30(38)34-25-17-16-23-13-9-10-14-24(23)20-25/h9-17,20-21,27-28,37H,8,18-19H2,1-7H3,(H,34,38)(H,35,40). The Kier molecular flexibility index (Phi) is 10.4. The van der Waals surface area contributed by atoms with E-state index >= 15 is 0 Å². The molecule has 3 aromatic carbocycles. The molecular weight excluding hydrogens is 518 g/mol. The van der Waals surface area contributed by atoms with Gasteiger partial charge in [0.1, 0.15) is 23.4 Å². The van der Waals surface area contributed by atoms with Gasteiger partial charge in [0.15, 0.2) is 0 Å². The number of anilines is 1. The van der Waals surface area contributed by atoms with Gasteiger partial charge in [-0.2, -0.15) is 0 Å². The number of carbonyl (C=O) groups excluding carboxylic acids is 3. The van der Waals surface area contributed by atoms with E-state index in [1.807, 2.05) is 63.2 Å². The zero-order chi connectivity index (χ0) is 30.3. The van der Waals surface area contributed by atoms with Gasteiger partial charge in [-0.25, -0.2) is 4.79 Å². The summed E-state index contributed by atoms with van der Waals surface area (Å²) in [6.45, 7) is 13.1. The van der Waals surface area contributed by atoms with Crippen molar-refractivity contribution in [2.75, 3.05) is 11.9 Å². The van der Waals surface area contributed by atoms with Crippen molar-refractivity contribution in [1.29, 1.82) is 0 Å². The largest absolute Gasteiger partial charge is 0.507 e. The maximum Gasteiger partial charge on any atom is 0.408 e. The van der Waals surface area contributed by atoms with E-state index in [-0.39, 0.29) is 18.2 Å². The van der Waals surface area contributed by atoms with Crippen LogP contribution in [-0.2, 0) is 14.3 Å². The number of aromatic hydroxyl groups is 1. The van der Waals surface area contributed by atoms with Crippen LogP contribution in [0.5, 0.6) is 5.75 Å². The highest BCUT2D eigenvalue weighted by atomic mass is 16.6. The first kappa shape index (κ1) is 31.5. The summed E-state index contributed by atoms with van der Waals surface area (Å²) in [6.07, 6.45) is 0.194. The Morgan fingerprint density at radius 2 is 1.66 bits per heavy atom. The minimum atomic E-state index is -1.15. The predicted molar refractivity (Wildman–Crippen MR) is 163 cm³/mol. The zero-order valence-electron chi connectivity index (χ0n) is 25.2. The Hall–Kier alpha value is -4.07. The van der Waals surface area contributed by atoms with Gasteiger partial charge in [-0.05, 0) is 74.9 Å². The lowest BCUT2D eigenvalue weighted by Crippen LogP contribution is -2.53. The van der Waals surface area contributed by atoms with E-state index in [2.05, 4.69) is 10.6 Å². The van der Waals surface area contributed by atoms with Crippen molar-refractivity contribution in [3.8, 4) is 5.75 Å². The fourth-order valence-electron chi connectivity index (χ4n) is 4.78. The number of phenolic OH excluding ortho intramolecular Hbond substituents is 1. The number of hydrogen-bond donors (Lipinski definition) is 3. The minimum absolute atomic E-state index is 0.0550. The first-order valence-corrected chi connectivity index (χ1v) is 14.2. The summed E-state index contributed by atoms with van der Waals surface area (Å²) in [5.41, 5.74) is 0.723. The molecule has 0 aromatic heterocycles. The van der Waals surface area contributed by atoms with Crippen LogP contribution in [-0.4, -0.2) is 46.1 Å². The van der Waals surface area contributed by atoms with Crippen molar-refractivity contribution >= 4 is 34.4 Å². The van der Waals surface area contributed by atoms with E-state index in [0.29, 0.717) is 29.7 Å². The Morgan fingerprint density at radius 1 is 0.976 bits per heavy atom. The number of amides is 3. The van der Waals surface area contributed by atoms with Crippen molar-refractivity contribution in [3.05, 3.63) is 71.8 Å². The second-order valence-corrected chi connectivity index (χ2v) is 11.8. The summed E-state index contributed by atoms with van der Waals surface area (Å²) in [4.78, 5) is 42.5. The molecule has 0 aliphatic heterocycles. The molecule has 220 valence electrons. The summed E-state index contributed by atoms with van der Waals surface area (Å²) < 4.78 is 5.44. The number of phenols is 1. The van der Waals surface area contributed by atoms with Gasteiger partial charge in [0.25, 0.3) is 5.91 Å². The molecule has 0 bridgehead atoms. The first-order valence-electron chi connectivity index (χ1n) is 14.2. The van der Waals surface area contributed by atoms with Gasteiger partial charge in [0.2, 0.25) is 5.91 Å². The minimum Gasteiger partial charge on any atom is -0.507 e. The molecule has 3 N–H and O–H groups in total. The van der Waals surface area contributed by atoms with Crippen LogP contribution in [0.1, 0.15) is 71.6 Å². The molecule has 0 spiro atoms. The van der Waals surface area contributed by atoms with E-state index < -0.39 is 35.6 Å². The summed E-state index contributed by atoms with van der Waals surface area (Å²) in [5.74, 6) is -0.880. The lowest BCUT2D eigenvalue weighted by Gasteiger charge is -2.35. The molecule has 0 radical (unpaired) electrons. The quantitative estimate of drug-likeness (QED) is 0.255. The predicted octanol–water partition coefficient (Wildman–Crippen LogP) is 6.71. The second kappa shape index (κ2) is 13.5. The van der Waals surface area contributed by atoms with E-state index in [1.54, 1.807) is 45.9 Å². The summed E-state index contributed by atoms with van der Waals surface area (Å²) in [7, 11) is 0. The Bertz CT molecular complexity index is 1380. The summed E-state index contributed by atoms with van der Waals surface area (Å²) in [5, 5.41) is 18.8. The molecule has 3 aromatic rings. The van der Waals surface area contributed by atoms with Crippen LogP contribution >= 0.6 is 0 Å². The van der Waals surface area contributed by atoms with Gasteiger partial charge in [-0.1, -0.05) is 69.3 Å². The molecule has 8 nitrogen and oxygen atoms in total. The number of fused-ring (bicyclic) bond motifs is 1. The van der Waals surface area contributed by atoms with E-state index in [9.17, 15) is 19.5 Å². The molecule has 41 heavy (non-hydrogen) atoms. The van der Waals surface area contributed by atoms with E-state index in [1.165, 1.54) is 4.90 Å². The monoisotopic (exact) mass is 561 g/mol. The normalized spacial score (nSPS) is 13.0. The van der Waals surface area contributed by atoms with E-state index in [4.69, 9.17) is 4.74 Å². The van der Waals surface area contributed by atoms with Gasteiger partial charge in [0.05, 0.1) is 0 Å². The zero-order valence-corrected chi connectivity index (χ0v) is 25.2. The van der Waals surface area contributed by atoms with Gasteiger partial charge in [-0.15, -0.1) is 0 Å². The molecule has 3 rings (SSSR count). The van der Waals surface area contributed by atoms with Crippen LogP contribution in [0, 0.1) is 12.8 Å². The number of para-hydroxylation sites is 1. The lowest BCUT2D eigenvalue weighted by atomic mass is 9.97. The molecule has 2 atom stereocenters. The number of rotatable bonds is 10. The van der Waals surface area contributed by atoms with Crippen molar-refractivity contribution in [3.63, 3.8) is 0 Å². The maximum absolute atomic E-state index is 14.2. The third-order valence-electron chi connectivity index (χ3n) is 6.58. The molecule has 2 unspecified atom stereocenters. The summed E-state index contributed by atoms with van der Waals surface area (Å²) in [6, 6.07) is 16.5. The number of carbonyl (C=O) groups is 3. The van der Waals surface area contributed by atoms with Gasteiger partial charge < -0.3 is 25.4 Å². The average molecular weight is 562 g/mol. The number of benzene rings is 3. The molecule has 3 amide bonds. The maximum atomic E-state index is 14.2. The van der Waals surface area contributed by atoms with Crippen molar-refractivity contribution in [2.24, 2.45) is 5.92 Å². The SMILES string of the molecule is CCCN(C(=O)C(CC(C)C)NC(=O)OC(C)(C)C)C(C(=O)Nc1ccc2ccccc2c1)c1cccc(C)c1O. The van der Waals surface area contributed by atoms with Crippen LogP contribution < -0.4 is 10.6 Å². The number of hydrogen-bond acceptors (Lipinski definition) is 5. The van der Waals surface area contributed by atoms with Crippen LogP contribution in [0.3, 0.4) is 0 Å². The third kappa shape index (κ3) is 8.46. The molecule has 0 saturated carbocycles. The van der Waals surface area contributed by atoms with Crippen LogP contribution in [0.25, 0.3) is 10.8 Å². The van der Waals surface area contributed by atoms with Crippen LogP contribution in [0.2, 0.25) is 0 Å².